The lowest BCUT2D eigenvalue weighted by molar-refractivity contribution is -0.120. The van der Waals surface area contributed by atoms with Gasteiger partial charge in [-0.25, -0.2) is 9.38 Å². The van der Waals surface area contributed by atoms with E-state index in [4.69, 9.17) is 11.6 Å². The van der Waals surface area contributed by atoms with E-state index in [9.17, 15) is 9.18 Å². The normalized spacial score (nSPS) is 18.2. The van der Waals surface area contributed by atoms with Crippen LogP contribution in [0.1, 0.15) is 0 Å². The summed E-state index contributed by atoms with van der Waals surface area (Å²) < 4.78 is 16.4. The van der Waals surface area contributed by atoms with Gasteiger partial charge in [-0.2, -0.15) is 0 Å². The number of thioether (sulfide) groups is 1. The number of nitrogens with zero attached hydrogens (tertiary/aromatic N) is 2. The minimum atomic E-state index is -0.485. The minimum Gasteiger partial charge on any atom is -0.317 e. The summed E-state index contributed by atoms with van der Waals surface area (Å²) in [5.74, 6) is -0.598. The fourth-order valence-corrected chi connectivity index (χ4v) is 4.55. The van der Waals surface area contributed by atoms with Crippen LogP contribution >= 0.6 is 35.3 Å². The number of hydrogen-bond donors (Lipinski definition) is 1. The summed E-state index contributed by atoms with van der Waals surface area (Å²) in [4.78, 5) is 20.3. The van der Waals surface area contributed by atoms with Crippen LogP contribution in [-0.2, 0) is 4.79 Å². The van der Waals surface area contributed by atoms with Crippen LogP contribution in [0.25, 0.3) is 0 Å². The van der Waals surface area contributed by atoms with Gasteiger partial charge >= 0.3 is 0 Å². The quantitative estimate of drug-likeness (QED) is 0.820. The number of hydrogen-bond acceptors (Lipinski definition) is 5. The van der Waals surface area contributed by atoms with Gasteiger partial charge in [-0.3, -0.25) is 9.52 Å². The van der Waals surface area contributed by atoms with Crippen molar-refractivity contribution in [1.29, 1.82) is 0 Å². The molecular formula is C16H11ClFN3OS2. The smallest absolute Gasteiger partial charge is 0.256 e. The average molecular weight is 380 g/mol. The number of anilines is 1. The second-order valence-corrected chi connectivity index (χ2v) is 7.47. The summed E-state index contributed by atoms with van der Waals surface area (Å²) in [6.45, 7) is 0.429. The van der Waals surface area contributed by atoms with Crippen molar-refractivity contribution in [2.45, 2.75) is 15.8 Å². The van der Waals surface area contributed by atoms with E-state index in [1.807, 2.05) is 35.2 Å². The molecule has 2 aromatic carbocycles. The van der Waals surface area contributed by atoms with Gasteiger partial charge in [0.15, 0.2) is 5.17 Å². The molecule has 2 aromatic rings. The van der Waals surface area contributed by atoms with Crippen molar-refractivity contribution in [3.63, 3.8) is 0 Å². The lowest BCUT2D eigenvalue weighted by Crippen LogP contribution is -2.34. The van der Waals surface area contributed by atoms with Crippen LogP contribution in [0.5, 0.6) is 0 Å². The van der Waals surface area contributed by atoms with E-state index in [0.717, 1.165) is 10.6 Å². The number of rotatable bonds is 3. The molecule has 1 unspecified atom stereocenters. The highest BCUT2D eigenvalue weighted by Crippen LogP contribution is 2.47. The molecule has 0 fully saturated rings. The van der Waals surface area contributed by atoms with Crippen molar-refractivity contribution in [2.75, 3.05) is 11.4 Å². The average Bonchev–Trinajstić information content (AvgIpc) is 3.15. The van der Waals surface area contributed by atoms with Crippen molar-refractivity contribution in [3.05, 3.63) is 53.3 Å². The van der Waals surface area contributed by atoms with Gasteiger partial charge in [-0.15, -0.1) is 0 Å². The molecule has 0 spiro atoms. The number of carbonyl (C=O) groups excluding carboxylic acids is 1. The number of fused-ring (bicyclic) bond motifs is 3. The molecule has 4 rings (SSSR count). The zero-order chi connectivity index (χ0) is 16.7. The predicted molar refractivity (Wildman–Crippen MR) is 96.3 cm³/mol. The maximum atomic E-state index is 13.5. The number of halogens is 2. The van der Waals surface area contributed by atoms with Crippen LogP contribution in [0.2, 0.25) is 5.02 Å². The van der Waals surface area contributed by atoms with E-state index in [2.05, 4.69) is 9.71 Å². The molecule has 1 N–H and O–H groups in total. The van der Waals surface area contributed by atoms with Crippen LogP contribution in [0.15, 0.2) is 57.2 Å². The predicted octanol–water partition coefficient (Wildman–Crippen LogP) is 3.95. The molecule has 122 valence electrons. The second kappa shape index (κ2) is 6.31. The van der Waals surface area contributed by atoms with Crippen molar-refractivity contribution in [2.24, 2.45) is 4.99 Å². The van der Waals surface area contributed by atoms with Crippen molar-refractivity contribution >= 4 is 52.1 Å². The Bertz CT molecular complexity index is 847. The van der Waals surface area contributed by atoms with Gasteiger partial charge in [0.2, 0.25) is 0 Å². The highest BCUT2D eigenvalue weighted by molar-refractivity contribution is 8.15. The first-order valence-corrected chi connectivity index (χ1v) is 9.17. The van der Waals surface area contributed by atoms with Gasteiger partial charge in [0.1, 0.15) is 11.9 Å². The highest BCUT2D eigenvalue weighted by atomic mass is 35.5. The standard InChI is InChI=1S/C16H11ClFN3OS2/c17-13-10(18)6-7-12-14(13)23-16-19-11(8-21(12)16)15(22)20-24-9-4-2-1-3-5-9/h1-7,11H,8H2,(H,20,22). The van der Waals surface area contributed by atoms with Crippen LogP contribution in [0.4, 0.5) is 10.1 Å². The summed E-state index contributed by atoms with van der Waals surface area (Å²) in [6.07, 6.45) is 0. The Hall–Kier alpha value is -1.70. The Morgan fingerprint density at radius 2 is 2.12 bits per heavy atom. The van der Waals surface area contributed by atoms with Gasteiger partial charge in [-0.05, 0) is 48.0 Å². The molecule has 4 nitrogen and oxygen atoms in total. The van der Waals surface area contributed by atoms with E-state index in [1.165, 1.54) is 29.8 Å². The van der Waals surface area contributed by atoms with E-state index >= 15 is 0 Å². The Kier molecular flexibility index (Phi) is 4.15. The zero-order valence-electron chi connectivity index (χ0n) is 12.2. The van der Waals surface area contributed by atoms with E-state index < -0.39 is 11.9 Å². The fourth-order valence-electron chi connectivity index (χ4n) is 2.51. The molecule has 0 aromatic heterocycles. The Morgan fingerprint density at radius 3 is 2.92 bits per heavy atom. The van der Waals surface area contributed by atoms with E-state index in [0.29, 0.717) is 16.6 Å². The molecule has 0 bridgehead atoms. The molecule has 24 heavy (non-hydrogen) atoms. The maximum Gasteiger partial charge on any atom is 0.256 e. The molecule has 8 heteroatoms. The molecular weight excluding hydrogens is 369 g/mol. The summed E-state index contributed by atoms with van der Waals surface area (Å²) in [5, 5.41) is 0.789. The number of aliphatic imine (C=N–C) groups is 1. The Labute approximate surface area is 151 Å². The largest absolute Gasteiger partial charge is 0.317 e. The molecule has 2 aliphatic rings. The molecule has 0 saturated heterocycles. The van der Waals surface area contributed by atoms with E-state index in [1.54, 1.807) is 6.07 Å². The lowest BCUT2D eigenvalue weighted by Gasteiger charge is -2.15. The highest BCUT2D eigenvalue weighted by Gasteiger charge is 2.38. The third-order valence-electron chi connectivity index (χ3n) is 3.68. The number of nitrogens with one attached hydrogen (secondary N) is 1. The Balaban J connectivity index is 1.45. The van der Waals surface area contributed by atoms with Gasteiger partial charge in [0.05, 0.1) is 22.2 Å². The number of amides is 1. The zero-order valence-corrected chi connectivity index (χ0v) is 14.6. The summed E-state index contributed by atoms with van der Waals surface area (Å²) >= 11 is 8.58. The molecule has 2 aliphatic heterocycles. The number of amidine groups is 1. The fraction of sp³-hybridized carbons (Fsp3) is 0.125. The van der Waals surface area contributed by atoms with Crippen molar-refractivity contribution < 1.29 is 9.18 Å². The first-order valence-electron chi connectivity index (χ1n) is 7.16. The molecule has 0 aliphatic carbocycles. The third kappa shape index (κ3) is 2.76. The SMILES string of the molecule is O=C(NSc1ccccc1)C1CN2C(=N1)Sc1c2ccc(F)c1Cl. The summed E-state index contributed by atoms with van der Waals surface area (Å²) in [5.41, 5.74) is 0.802. The van der Waals surface area contributed by atoms with E-state index in [-0.39, 0.29) is 10.9 Å². The van der Waals surface area contributed by atoms with Crippen molar-refractivity contribution in [3.8, 4) is 0 Å². The van der Waals surface area contributed by atoms with Gasteiger partial charge in [0, 0.05) is 4.90 Å². The number of carbonyl (C=O) groups is 1. The molecule has 0 radical (unpaired) electrons. The third-order valence-corrected chi connectivity index (χ3v) is 6.10. The molecule has 1 atom stereocenters. The van der Waals surface area contributed by atoms with Crippen molar-refractivity contribution in [1.82, 2.24) is 4.72 Å². The number of benzene rings is 2. The Morgan fingerprint density at radius 1 is 1.33 bits per heavy atom. The first kappa shape index (κ1) is 15.8. The molecule has 2 heterocycles. The monoisotopic (exact) mass is 379 g/mol. The summed E-state index contributed by atoms with van der Waals surface area (Å²) in [6, 6.07) is 12.1. The first-order chi connectivity index (χ1) is 11.6. The second-order valence-electron chi connectivity index (χ2n) is 5.23. The maximum absolute atomic E-state index is 13.5. The van der Waals surface area contributed by atoms with Crippen LogP contribution < -0.4 is 9.62 Å². The van der Waals surface area contributed by atoms with Gasteiger partial charge in [-0.1, -0.05) is 29.8 Å². The van der Waals surface area contributed by atoms with Crippen LogP contribution in [0.3, 0.4) is 0 Å². The summed E-state index contributed by atoms with van der Waals surface area (Å²) in [7, 11) is 0. The lowest BCUT2D eigenvalue weighted by atomic mass is 10.2. The molecule has 1 amide bonds. The van der Waals surface area contributed by atoms with Crippen LogP contribution in [0, 0.1) is 5.82 Å². The van der Waals surface area contributed by atoms with Gasteiger partial charge < -0.3 is 4.90 Å². The molecule has 0 saturated carbocycles. The van der Waals surface area contributed by atoms with Crippen LogP contribution in [-0.4, -0.2) is 23.7 Å². The topological polar surface area (TPSA) is 44.7 Å². The van der Waals surface area contributed by atoms with Gasteiger partial charge in [0.25, 0.3) is 5.91 Å². The minimum absolute atomic E-state index is 0.107.